The Kier molecular flexibility index (Phi) is 6.64. The highest BCUT2D eigenvalue weighted by Gasteiger charge is 2.20. The van der Waals surface area contributed by atoms with E-state index in [1.807, 2.05) is 0 Å². The Morgan fingerprint density at radius 2 is 1.81 bits per heavy atom. The highest BCUT2D eigenvalue weighted by atomic mass is 32.2. The number of carbonyl (C=O) groups is 1. The zero-order valence-corrected chi connectivity index (χ0v) is 18.1. The average Bonchev–Trinajstić information content (AvgIpc) is 2.69. The van der Waals surface area contributed by atoms with Gasteiger partial charge < -0.3 is 15.8 Å². The van der Waals surface area contributed by atoms with Crippen molar-refractivity contribution in [1.29, 1.82) is 0 Å². The Labute approximate surface area is 184 Å². The van der Waals surface area contributed by atoms with Gasteiger partial charge in [0.2, 0.25) is 10.0 Å². The first-order valence-electron chi connectivity index (χ1n) is 9.53. The molecule has 0 aliphatic rings. The van der Waals surface area contributed by atoms with E-state index in [1.54, 1.807) is 13.0 Å². The molecule has 0 aliphatic carbocycles. The first kappa shape index (κ1) is 23.0. The molecule has 3 rings (SSSR count). The van der Waals surface area contributed by atoms with Crippen LogP contribution >= 0.6 is 0 Å². The van der Waals surface area contributed by atoms with Gasteiger partial charge in [-0.1, -0.05) is 12.1 Å². The molecule has 0 saturated carbocycles. The highest BCUT2D eigenvalue weighted by Crippen LogP contribution is 2.34. The minimum atomic E-state index is -3.52. The summed E-state index contributed by atoms with van der Waals surface area (Å²) in [6, 6.07) is 12.2. The van der Waals surface area contributed by atoms with Crippen LogP contribution < -0.4 is 20.5 Å². The van der Waals surface area contributed by atoms with E-state index in [-0.39, 0.29) is 39.9 Å². The Balaban J connectivity index is 2.00. The van der Waals surface area contributed by atoms with Crippen LogP contribution in [0.2, 0.25) is 0 Å². The zero-order valence-electron chi connectivity index (χ0n) is 17.3. The van der Waals surface area contributed by atoms with Crippen LogP contribution in [0.5, 0.6) is 11.5 Å². The summed E-state index contributed by atoms with van der Waals surface area (Å²) in [6.07, 6.45) is 0. The SMILES string of the molecule is CCS(=O)(=O)Nc1cccc(Oc2cc(F)cc(Nc3ccc(C)cc3F)c2C(N)=O)c1. The third-order valence-corrected chi connectivity index (χ3v) is 5.73. The van der Waals surface area contributed by atoms with Crippen LogP contribution in [-0.2, 0) is 10.0 Å². The van der Waals surface area contributed by atoms with Crippen LogP contribution in [0.15, 0.2) is 54.6 Å². The van der Waals surface area contributed by atoms with E-state index in [2.05, 4.69) is 10.0 Å². The number of nitrogens with two attached hydrogens (primary N) is 1. The van der Waals surface area contributed by atoms with Crippen molar-refractivity contribution in [2.24, 2.45) is 5.73 Å². The summed E-state index contributed by atoms with van der Waals surface area (Å²) in [7, 11) is -3.52. The smallest absolute Gasteiger partial charge is 0.254 e. The van der Waals surface area contributed by atoms with Crippen molar-refractivity contribution >= 4 is 33.0 Å². The summed E-state index contributed by atoms with van der Waals surface area (Å²) in [5.41, 5.74) is 6.14. The van der Waals surface area contributed by atoms with Crippen molar-refractivity contribution in [2.45, 2.75) is 13.8 Å². The number of sulfonamides is 1. The fraction of sp³-hybridized carbons (Fsp3) is 0.136. The third kappa shape index (κ3) is 5.52. The number of halogens is 2. The predicted octanol–water partition coefficient (Wildman–Crippen LogP) is 4.67. The molecule has 168 valence electrons. The van der Waals surface area contributed by atoms with E-state index < -0.39 is 27.6 Å². The Bertz CT molecular complexity index is 1280. The number of nitrogens with one attached hydrogen (secondary N) is 2. The van der Waals surface area contributed by atoms with Crippen LogP contribution in [0.25, 0.3) is 0 Å². The van der Waals surface area contributed by atoms with Gasteiger partial charge in [0, 0.05) is 12.1 Å². The molecule has 0 bridgehead atoms. The molecule has 0 fully saturated rings. The maximum Gasteiger partial charge on any atom is 0.254 e. The van der Waals surface area contributed by atoms with Gasteiger partial charge in [-0.15, -0.1) is 0 Å². The maximum atomic E-state index is 14.3. The van der Waals surface area contributed by atoms with Gasteiger partial charge in [0.15, 0.2) is 0 Å². The van der Waals surface area contributed by atoms with Gasteiger partial charge in [0.05, 0.1) is 22.8 Å². The van der Waals surface area contributed by atoms with Crippen LogP contribution in [0.4, 0.5) is 25.8 Å². The number of benzene rings is 3. The molecule has 4 N–H and O–H groups in total. The molecule has 7 nitrogen and oxygen atoms in total. The number of amides is 1. The maximum absolute atomic E-state index is 14.3. The van der Waals surface area contributed by atoms with E-state index in [0.717, 1.165) is 12.1 Å². The van der Waals surface area contributed by atoms with Gasteiger partial charge in [-0.25, -0.2) is 17.2 Å². The number of rotatable bonds is 8. The van der Waals surface area contributed by atoms with E-state index in [1.165, 1.54) is 43.3 Å². The molecule has 1 amide bonds. The molecular formula is C22H21F2N3O4S. The van der Waals surface area contributed by atoms with Crippen molar-refractivity contribution in [3.05, 3.63) is 77.4 Å². The lowest BCUT2D eigenvalue weighted by molar-refractivity contribution is 0.0999. The predicted molar refractivity (Wildman–Crippen MR) is 119 cm³/mol. The molecule has 0 unspecified atom stereocenters. The fourth-order valence-corrected chi connectivity index (χ4v) is 3.51. The van der Waals surface area contributed by atoms with Gasteiger partial charge in [0.1, 0.15) is 28.7 Å². The molecule has 0 saturated heterocycles. The van der Waals surface area contributed by atoms with E-state index >= 15 is 0 Å². The summed E-state index contributed by atoms with van der Waals surface area (Å²) >= 11 is 0. The molecule has 3 aromatic carbocycles. The Morgan fingerprint density at radius 3 is 2.47 bits per heavy atom. The van der Waals surface area contributed by atoms with Crippen LogP contribution in [0.1, 0.15) is 22.8 Å². The van der Waals surface area contributed by atoms with Crippen LogP contribution in [-0.4, -0.2) is 20.1 Å². The standard InChI is InChI=1S/C22H21F2N3O4S/c1-3-32(29,30)27-15-5-4-6-16(12-15)31-20-11-14(23)10-19(21(20)22(25)28)26-18-8-7-13(2)9-17(18)24/h4-12,26-27H,3H2,1-2H3,(H2,25,28). The summed E-state index contributed by atoms with van der Waals surface area (Å²) in [4.78, 5) is 12.2. The quantitative estimate of drug-likeness (QED) is 0.452. The molecule has 0 aliphatic heterocycles. The molecule has 10 heteroatoms. The second-order valence-electron chi connectivity index (χ2n) is 6.93. The molecule has 0 aromatic heterocycles. The summed E-state index contributed by atoms with van der Waals surface area (Å²) < 4.78 is 60.2. The lowest BCUT2D eigenvalue weighted by atomic mass is 10.1. The number of hydrogen-bond donors (Lipinski definition) is 3. The number of ether oxygens (including phenoxy) is 1. The fourth-order valence-electron chi connectivity index (χ4n) is 2.88. The topological polar surface area (TPSA) is 111 Å². The van der Waals surface area contributed by atoms with Crippen LogP contribution in [0.3, 0.4) is 0 Å². The Hall–Kier alpha value is -3.66. The van der Waals surface area contributed by atoms with E-state index in [4.69, 9.17) is 10.5 Å². The molecule has 0 spiro atoms. The van der Waals surface area contributed by atoms with Gasteiger partial charge in [-0.3, -0.25) is 9.52 Å². The number of aryl methyl sites for hydroxylation is 1. The molecule has 0 heterocycles. The van der Waals surface area contributed by atoms with Gasteiger partial charge >= 0.3 is 0 Å². The van der Waals surface area contributed by atoms with Gasteiger partial charge in [-0.2, -0.15) is 0 Å². The first-order valence-corrected chi connectivity index (χ1v) is 11.2. The number of hydrogen-bond acceptors (Lipinski definition) is 5. The molecular weight excluding hydrogens is 440 g/mol. The third-order valence-electron chi connectivity index (χ3n) is 4.42. The lowest BCUT2D eigenvalue weighted by Crippen LogP contribution is -2.15. The number of carbonyl (C=O) groups excluding carboxylic acids is 1. The highest BCUT2D eigenvalue weighted by molar-refractivity contribution is 7.92. The van der Waals surface area contributed by atoms with Crippen molar-refractivity contribution in [2.75, 3.05) is 15.8 Å². The largest absolute Gasteiger partial charge is 0.456 e. The molecule has 0 radical (unpaired) electrons. The minimum absolute atomic E-state index is 0.0191. The second-order valence-corrected chi connectivity index (χ2v) is 8.95. The van der Waals surface area contributed by atoms with Crippen LogP contribution in [0, 0.1) is 18.6 Å². The monoisotopic (exact) mass is 461 g/mol. The second kappa shape index (κ2) is 9.23. The van der Waals surface area contributed by atoms with Crippen molar-refractivity contribution in [1.82, 2.24) is 0 Å². The van der Waals surface area contributed by atoms with Gasteiger partial charge in [0.25, 0.3) is 5.91 Å². The normalized spacial score (nSPS) is 11.1. The first-order chi connectivity index (χ1) is 15.1. The Morgan fingerprint density at radius 1 is 1.06 bits per heavy atom. The van der Waals surface area contributed by atoms with Crippen molar-refractivity contribution < 1.29 is 26.7 Å². The van der Waals surface area contributed by atoms with Crippen molar-refractivity contribution in [3.63, 3.8) is 0 Å². The zero-order chi connectivity index (χ0) is 23.5. The van der Waals surface area contributed by atoms with E-state index in [9.17, 15) is 22.0 Å². The molecule has 32 heavy (non-hydrogen) atoms. The molecule has 0 atom stereocenters. The molecule has 3 aromatic rings. The summed E-state index contributed by atoms with van der Waals surface area (Å²) in [5.74, 6) is -2.51. The summed E-state index contributed by atoms with van der Waals surface area (Å²) in [5, 5.41) is 2.68. The van der Waals surface area contributed by atoms with Gasteiger partial charge in [-0.05, 0) is 49.7 Å². The minimum Gasteiger partial charge on any atom is -0.456 e. The lowest BCUT2D eigenvalue weighted by Gasteiger charge is -2.16. The number of anilines is 3. The number of primary amides is 1. The summed E-state index contributed by atoms with van der Waals surface area (Å²) in [6.45, 7) is 3.20. The average molecular weight is 461 g/mol. The van der Waals surface area contributed by atoms with Crippen molar-refractivity contribution in [3.8, 4) is 11.5 Å². The van der Waals surface area contributed by atoms with E-state index in [0.29, 0.717) is 5.56 Å².